The van der Waals surface area contributed by atoms with Crippen molar-refractivity contribution in [2.24, 2.45) is 0 Å². The Hall–Kier alpha value is -0.346. The predicted molar refractivity (Wildman–Crippen MR) is 88.4 cm³/mol. The molecule has 0 aliphatic carbocycles. The first-order chi connectivity index (χ1) is 10.6. The van der Waals surface area contributed by atoms with Gasteiger partial charge in [0.15, 0.2) is 0 Å². The zero-order valence-corrected chi connectivity index (χ0v) is 17.7. The standard InChI is InChI=1S/C19H24N2.2ClH.Ti/c1-13-7-5-8-14(2)17(13)19(21,11-12-20)18-15(3)9-6-10-16(18)4;;;/h5-10,20-21H,11-12H2,1-4H3;2*1H;/q-2;;;+4/p-2. The van der Waals surface area contributed by atoms with E-state index in [1.807, 2.05) is 0 Å². The molecule has 1 saturated heterocycles. The van der Waals surface area contributed by atoms with Crippen molar-refractivity contribution in [2.75, 3.05) is 6.54 Å². The van der Waals surface area contributed by atoms with Crippen LogP contribution in [0.15, 0.2) is 36.4 Å². The van der Waals surface area contributed by atoms with Crippen LogP contribution in [0.3, 0.4) is 0 Å². The summed E-state index contributed by atoms with van der Waals surface area (Å²) in [5.74, 6) is 0. The van der Waals surface area contributed by atoms with Crippen molar-refractivity contribution in [1.29, 1.82) is 0 Å². The van der Waals surface area contributed by atoms with Crippen LogP contribution in [0, 0.1) is 27.7 Å². The SMILES string of the molecule is Cc1cccc(C)c1C1(c2c(C)cccc2C)CC[NH][Ti+2][NH]1.[Cl-].[Cl-]. The Balaban J connectivity index is 0.00000144. The summed E-state index contributed by atoms with van der Waals surface area (Å²) in [7, 11) is 0. The van der Waals surface area contributed by atoms with Crippen molar-refractivity contribution in [3.63, 3.8) is 0 Å². The molecular weight excluding hydrogens is 375 g/mol. The number of halogens is 2. The molecule has 1 heterocycles. The topological polar surface area (TPSA) is 24.1 Å². The van der Waals surface area contributed by atoms with E-state index in [1.165, 1.54) is 33.4 Å². The molecule has 0 aromatic heterocycles. The quantitative estimate of drug-likeness (QED) is 0.554. The summed E-state index contributed by atoms with van der Waals surface area (Å²) in [4.78, 5) is 0. The molecule has 2 aromatic carbocycles. The van der Waals surface area contributed by atoms with Gasteiger partial charge in [0.1, 0.15) is 0 Å². The second-order valence-corrected chi connectivity index (χ2v) is 7.70. The van der Waals surface area contributed by atoms with E-state index in [1.54, 1.807) is 0 Å². The second-order valence-electron chi connectivity index (χ2n) is 6.37. The molecule has 5 heteroatoms. The summed E-state index contributed by atoms with van der Waals surface area (Å²) in [6, 6.07) is 13.3. The Kier molecular flexibility index (Phi) is 8.00. The van der Waals surface area contributed by atoms with Crippen LogP contribution in [0.4, 0.5) is 0 Å². The van der Waals surface area contributed by atoms with Gasteiger partial charge in [-0.3, -0.25) is 0 Å². The Labute approximate surface area is 167 Å². The number of hydrogen-bond acceptors (Lipinski definition) is 2. The maximum atomic E-state index is 3.94. The average Bonchev–Trinajstić information content (AvgIpc) is 2.48. The molecule has 0 atom stereocenters. The van der Waals surface area contributed by atoms with Crippen LogP contribution < -0.4 is 32.4 Å². The monoisotopic (exact) mass is 398 g/mol. The van der Waals surface area contributed by atoms with Crippen LogP contribution in [0.25, 0.3) is 0 Å². The Morgan fingerprint density at radius 3 is 1.54 bits per heavy atom. The van der Waals surface area contributed by atoms with Crippen molar-refractivity contribution in [1.82, 2.24) is 7.60 Å². The van der Waals surface area contributed by atoms with Crippen LogP contribution in [-0.4, -0.2) is 6.54 Å². The van der Waals surface area contributed by atoms with E-state index >= 15 is 0 Å². The van der Waals surface area contributed by atoms with E-state index in [-0.39, 0.29) is 50.0 Å². The van der Waals surface area contributed by atoms with Gasteiger partial charge in [-0.2, -0.15) is 0 Å². The summed E-state index contributed by atoms with van der Waals surface area (Å²) in [6.07, 6.45) is 1.11. The van der Waals surface area contributed by atoms with Gasteiger partial charge in [0, 0.05) is 0 Å². The smallest absolute Gasteiger partial charge is 1.00 e. The van der Waals surface area contributed by atoms with E-state index in [9.17, 15) is 0 Å². The van der Waals surface area contributed by atoms with Gasteiger partial charge < -0.3 is 24.8 Å². The minimum absolute atomic E-state index is 0. The molecule has 0 spiro atoms. The number of aryl methyl sites for hydroxylation is 4. The maximum absolute atomic E-state index is 3.94. The van der Waals surface area contributed by atoms with Crippen LogP contribution in [0.1, 0.15) is 39.8 Å². The molecule has 24 heavy (non-hydrogen) atoms. The van der Waals surface area contributed by atoms with Gasteiger partial charge in [0.05, 0.1) is 0 Å². The first kappa shape index (κ1) is 21.7. The van der Waals surface area contributed by atoms with Crippen molar-refractivity contribution in [3.05, 3.63) is 69.8 Å². The molecule has 2 nitrogen and oxygen atoms in total. The van der Waals surface area contributed by atoms with Crippen LogP contribution in [0.5, 0.6) is 0 Å². The van der Waals surface area contributed by atoms with Crippen LogP contribution in [-0.2, 0) is 25.2 Å². The fraction of sp³-hybridized carbons (Fsp3) is 0.368. The average molecular weight is 399 g/mol. The summed E-state index contributed by atoms with van der Waals surface area (Å²) < 4.78 is 7.51. The number of rotatable bonds is 2. The zero-order chi connectivity index (χ0) is 15.7. The molecule has 2 aromatic rings. The van der Waals surface area contributed by atoms with Gasteiger partial charge in [0.2, 0.25) is 0 Å². The van der Waals surface area contributed by atoms with Gasteiger partial charge in [-0.1, -0.05) is 0 Å². The third-order valence-electron chi connectivity index (χ3n) is 4.81. The Morgan fingerprint density at radius 1 is 0.792 bits per heavy atom. The normalized spacial score (nSPS) is 15.3. The van der Waals surface area contributed by atoms with Gasteiger partial charge >= 0.3 is 143 Å². The third-order valence-corrected chi connectivity index (χ3v) is 6.33. The van der Waals surface area contributed by atoms with Crippen molar-refractivity contribution < 1.29 is 44.5 Å². The minimum atomic E-state index is -0.318. The summed E-state index contributed by atoms with van der Waals surface area (Å²) in [5, 5.41) is 0. The Morgan fingerprint density at radius 2 is 1.21 bits per heavy atom. The maximum Gasteiger partial charge on any atom is -1.00 e. The summed E-state index contributed by atoms with van der Waals surface area (Å²) in [6.45, 7) is 10.1. The summed E-state index contributed by atoms with van der Waals surface area (Å²) in [5.41, 5.74) is 8.51. The fourth-order valence-electron chi connectivity index (χ4n) is 4.00. The first-order valence-corrected chi connectivity index (χ1v) is 9.51. The van der Waals surface area contributed by atoms with E-state index in [0.717, 1.165) is 13.0 Å². The number of benzene rings is 2. The van der Waals surface area contributed by atoms with Crippen molar-refractivity contribution in [2.45, 2.75) is 39.7 Å². The molecule has 0 amide bonds. The molecular formula is C19H24Cl2N2Ti. The molecule has 3 rings (SSSR count). The Bertz CT molecular complexity index is 604. The second kappa shape index (κ2) is 8.85. The molecule has 0 bridgehead atoms. The minimum Gasteiger partial charge on any atom is -1.00 e. The van der Waals surface area contributed by atoms with E-state index in [0.29, 0.717) is 0 Å². The van der Waals surface area contributed by atoms with E-state index < -0.39 is 0 Å². The molecule has 128 valence electrons. The number of nitrogens with one attached hydrogen (secondary N) is 2. The molecule has 0 radical (unpaired) electrons. The molecule has 1 aliphatic heterocycles. The molecule has 2 N–H and O–H groups in total. The van der Waals surface area contributed by atoms with Crippen molar-refractivity contribution in [3.8, 4) is 0 Å². The molecule has 0 unspecified atom stereocenters. The third kappa shape index (κ3) is 3.75. The van der Waals surface area contributed by atoms with E-state index in [4.69, 9.17) is 0 Å². The summed E-state index contributed by atoms with van der Waals surface area (Å²) >= 11 is -0.318. The van der Waals surface area contributed by atoms with Gasteiger partial charge in [-0.25, -0.2) is 0 Å². The van der Waals surface area contributed by atoms with Crippen LogP contribution in [0.2, 0.25) is 0 Å². The first-order valence-electron chi connectivity index (χ1n) is 7.95. The molecule has 1 aliphatic rings. The van der Waals surface area contributed by atoms with E-state index in [2.05, 4.69) is 71.7 Å². The van der Waals surface area contributed by atoms with Crippen molar-refractivity contribution >= 4 is 0 Å². The van der Waals surface area contributed by atoms with Crippen LogP contribution >= 0.6 is 0 Å². The fourth-order valence-corrected chi connectivity index (χ4v) is 5.45. The largest absolute Gasteiger partial charge is 1.00 e. The van der Waals surface area contributed by atoms with Gasteiger partial charge in [-0.05, 0) is 0 Å². The predicted octanol–water partition coefficient (Wildman–Crippen LogP) is -2.33. The molecule has 1 fully saturated rings. The zero-order valence-electron chi connectivity index (χ0n) is 14.6. The van der Waals surface area contributed by atoms with Gasteiger partial charge in [0.25, 0.3) is 0 Å². The molecule has 0 saturated carbocycles. The van der Waals surface area contributed by atoms with Gasteiger partial charge in [-0.15, -0.1) is 0 Å². The number of hydrogen-bond donors (Lipinski definition) is 2.